The topological polar surface area (TPSA) is 79.4 Å². The molecule has 0 aromatic carbocycles. The minimum absolute atomic E-state index is 0.465. The number of carbonyl (C=O) groups excluding carboxylic acids is 1. The molecule has 3 N–H and O–H groups in total. The number of primary amides is 1. The van der Waals surface area contributed by atoms with Crippen LogP contribution in [0.15, 0.2) is 42.7 Å². The lowest BCUT2D eigenvalue weighted by molar-refractivity contribution is -0.0560. The van der Waals surface area contributed by atoms with E-state index in [1.807, 2.05) is 24.3 Å². The zero-order chi connectivity index (χ0) is 15.2. The molecule has 0 radical (unpaired) electrons. The fourth-order valence-corrected chi connectivity index (χ4v) is 2.76. The molecule has 0 spiro atoms. The predicted molar refractivity (Wildman–Crippen MR) is 83.1 cm³/mol. The zero-order valence-corrected chi connectivity index (χ0v) is 12.5. The lowest BCUT2D eigenvalue weighted by atomic mass is 10.2. The van der Waals surface area contributed by atoms with Gasteiger partial charge in [0.05, 0.1) is 6.04 Å². The van der Waals surface area contributed by atoms with Crippen molar-refractivity contribution in [3.8, 4) is 0 Å². The Bertz CT molecular complexity index is 625. The number of aromatic nitrogens is 1. The summed E-state index contributed by atoms with van der Waals surface area (Å²) in [5, 5.41) is 9.88. The molecule has 1 atom stereocenters. The Morgan fingerprint density at radius 3 is 2.81 bits per heavy atom. The van der Waals surface area contributed by atoms with Crippen LogP contribution in [0.3, 0.4) is 0 Å². The van der Waals surface area contributed by atoms with Crippen LogP contribution in [0, 0.1) is 0 Å². The lowest BCUT2D eigenvalue weighted by Gasteiger charge is -2.16. The number of carbonyl (C=O) groups is 1. The van der Waals surface area contributed by atoms with Crippen LogP contribution in [0.5, 0.6) is 0 Å². The summed E-state index contributed by atoms with van der Waals surface area (Å²) < 4.78 is 0. The molecule has 2 heterocycles. The maximum absolute atomic E-state index is 10.8. The first-order chi connectivity index (χ1) is 10.1. The Hall–Kier alpha value is -2.18. The van der Waals surface area contributed by atoms with Gasteiger partial charge < -0.3 is 5.73 Å². The molecule has 0 fully saturated rings. The summed E-state index contributed by atoms with van der Waals surface area (Å²) in [6, 6.07) is 6.74. The molecule has 0 saturated heterocycles. The molecule has 6 heteroatoms. The van der Waals surface area contributed by atoms with Gasteiger partial charge in [0.25, 0.3) is 0 Å². The smallest absolute Gasteiger partial charge is 0.339 e. The van der Waals surface area contributed by atoms with Crippen LogP contribution in [0.1, 0.15) is 22.2 Å². The number of hydrogen-bond acceptors (Lipinski definition) is 4. The van der Waals surface area contributed by atoms with Gasteiger partial charge in [-0.3, -0.25) is 10.2 Å². The molecular formula is C15H17N3O2S. The van der Waals surface area contributed by atoms with Crippen molar-refractivity contribution in [2.45, 2.75) is 19.4 Å². The van der Waals surface area contributed by atoms with E-state index in [0.29, 0.717) is 5.06 Å². The predicted octanol–water partition coefficient (Wildman–Crippen LogP) is 2.91. The number of thiophene rings is 1. The second-order valence-corrected chi connectivity index (χ2v) is 5.82. The minimum atomic E-state index is -0.864. The van der Waals surface area contributed by atoms with Crippen molar-refractivity contribution in [2.24, 2.45) is 5.73 Å². The van der Waals surface area contributed by atoms with Gasteiger partial charge in [-0.15, -0.1) is 11.3 Å². The molecule has 2 aromatic heterocycles. The van der Waals surface area contributed by atoms with Crippen molar-refractivity contribution in [2.75, 3.05) is 0 Å². The molecule has 0 aliphatic carbocycles. The van der Waals surface area contributed by atoms with Gasteiger partial charge in [-0.1, -0.05) is 6.08 Å². The Balaban J connectivity index is 1.98. The average molecular weight is 303 g/mol. The van der Waals surface area contributed by atoms with Crippen LogP contribution in [-0.2, 0) is 6.42 Å². The van der Waals surface area contributed by atoms with Gasteiger partial charge in [-0.05, 0) is 42.8 Å². The normalized spacial score (nSPS) is 12.5. The van der Waals surface area contributed by atoms with Crippen LogP contribution in [0.25, 0.3) is 6.08 Å². The molecule has 0 bridgehead atoms. The molecule has 1 unspecified atom stereocenters. The summed E-state index contributed by atoms with van der Waals surface area (Å²) in [6.07, 6.45) is 8.03. The third kappa shape index (κ3) is 4.40. The van der Waals surface area contributed by atoms with Gasteiger partial charge in [-0.2, -0.15) is 5.06 Å². The van der Waals surface area contributed by atoms with Gasteiger partial charge in [-0.25, -0.2) is 4.79 Å². The summed E-state index contributed by atoms with van der Waals surface area (Å²) in [5.41, 5.74) is 6.21. The number of hydrogen-bond donors (Lipinski definition) is 2. The van der Waals surface area contributed by atoms with E-state index in [1.165, 1.54) is 10.4 Å². The number of nitrogens with zero attached hydrogens (tertiary/aromatic N) is 2. The number of nitrogens with two attached hydrogens (primary N) is 1. The Kier molecular flexibility index (Phi) is 5.08. The zero-order valence-electron chi connectivity index (χ0n) is 11.6. The molecular weight excluding hydrogens is 286 g/mol. The lowest BCUT2D eigenvalue weighted by Crippen LogP contribution is -2.38. The highest BCUT2D eigenvalue weighted by atomic mass is 32.1. The summed E-state index contributed by atoms with van der Waals surface area (Å²) in [6.45, 7) is 1.69. The van der Waals surface area contributed by atoms with Crippen LogP contribution >= 0.6 is 11.3 Å². The Labute approximate surface area is 127 Å². The second-order valence-electron chi connectivity index (χ2n) is 4.62. The standard InChI is InChI=1S/C15H17N3O2S/c1-11(18(20)15(16)19)2-3-13-4-5-14(21-13)10-12-6-8-17-9-7-12/h2-9,11,20H,10H2,1H3,(H2,16,19)/b3-2-. The van der Waals surface area contributed by atoms with Crippen molar-refractivity contribution in [3.63, 3.8) is 0 Å². The van der Waals surface area contributed by atoms with E-state index >= 15 is 0 Å². The highest BCUT2D eigenvalue weighted by molar-refractivity contribution is 7.12. The van der Waals surface area contributed by atoms with Crippen molar-refractivity contribution < 1.29 is 10.0 Å². The molecule has 21 heavy (non-hydrogen) atoms. The summed E-state index contributed by atoms with van der Waals surface area (Å²) in [5.74, 6) is 0. The van der Waals surface area contributed by atoms with E-state index in [1.54, 1.807) is 36.7 Å². The first-order valence-corrected chi connectivity index (χ1v) is 7.31. The first-order valence-electron chi connectivity index (χ1n) is 6.49. The highest BCUT2D eigenvalue weighted by Gasteiger charge is 2.11. The number of pyridine rings is 1. The molecule has 0 aliphatic heterocycles. The second kappa shape index (κ2) is 7.01. The van der Waals surface area contributed by atoms with E-state index in [-0.39, 0.29) is 0 Å². The number of urea groups is 1. The molecule has 0 aliphatic rings. The van der Waals surface area contributed by atoms with Gasteiger partial charge in [0.15, 0.2) is 0 Å². The van der Waals surface area contributed by atoms with Gasteiger partial charge in [0, 0.05) is 28.6 Å². The fraction of sp³-hybridized carbons (Fsp3) is 0.200. The van der Waals surface area contributed by atoms with Gasteiger partial charge in [0.1, 0.15) is 0 Å². The number of amides is 2. The van der Waals surface area contributed by atoms with E-state index in [4.69, 9.17) is 5.73 Å². The van der Waals surface area contributed by atoms with Crippen LogP contribution < -0.4 is 5.73 Å². The van der Waals surface area contributed by atoms with Gasteiger partial charge >= 0.3 is 6.03 Å². The third-order valence-corrected chi connectivity index (χ3v) is 4.01. The minimum Gasteiger partial charge on any atom is -0.350 e. The van der Waals surface area contributed by atoms with Crippen molar-refractivity contribution in [1.29, 1.82) is 0 Å². The quantitative estimate of drug-likeness (QED) is 0.658. The molecule has 2 rings (SSSR count). The Morgan fingerprint density at radius 1 is 1.43 bits per heavy atom. The van der Waals surface area contributed by atoms with E-state index < -0.39 is 12.1 Å². The molecule has 2 amide bonds. The molecule has 5 nitrogen and oxygen atoms in total. The SMILES string of the molecule is CC(/C=C\c1ccc(Cc2ccncc2)s1)N(O)C(N)=O. The van der Waals surface area contributed by atoms with E-state index in [2.05, 4.69) is 11.1 Å². The molecule has 110 valence electrons. The largest absolute Gasteiger partial charge is 0.350 e. The average Bonchev–Trinajstić information content (AvgIpc) is 2.92. The number of rotatable bonds is 5. The maximum Gasteiger partial charge on any atom is 0.339 e. The van der Waals surface area contributed by atoms with Crippen LogP contribution in [0.4, 0.5) is 4.79 Å². The highest BCUT2D eigenvalue weighted by Crippen LogP contribution is 2.21. The van der Waals surface area contributed by atoms with E-state index in [9.17, 15) is 10.0 Å². The fourth-order valence-electron chi connectivity index (χ4n) is 1.80. The summed E-state index contributed by atoms with van der Waals surface area (Å²) in [4.78, 5) is 17.1. The number of hydroxylamine groups is 2. The maximum atomic E-state index is 10.8. The summed E-state index contributed by atoms with van der Waals surface area (Å²) in [7, 11) is 0. The van der Waals surface area contributed by atoms with Crippen LogP contribution in [0.2, 0.25) is 0 Å². The van der Waals surface area contributed by atoms with E-state index in [0.717, 1.165) is 11.3 Å². The summed E-state index contributed by atoms with van der Waals surface area (Å²) >= 11 is 1.67. The van der Waals surface area contributed by atoms with Gasteiger partial charge in [0.2, 0.25) is 0 Å². The molecule has 2 aromatic rings. The van der Waals surface area contributed by atoms with Crippen LogP contribution in [-0.4, -0.2) is 27.3 Å². The first kappa shape index (κ1) is 15.2. The monoisotopic (exact) mass is 303 g/mol. The van der Waals surface area contributed by atoms with Crippen molar-refractivity contribution >= 4 is 23.4 Å². The van der Waals surface area contributed by atoms with Crippen molar-refractivity contribution in [1.82, 2.24) is 10.0 Å². The third-order valence-electron chi connectivity index (χ3n) is 2.96. The Morgan fingerprint density at radius 2 is 2.14 bits per heavy atom. The molecule has 0 saturated carbocycles. The van der Waals surface area contributed by atoms with Crippen molar-refractivity contribution in [3.05, 3.63) is 58.1 Å².